The van der Waals surface area contributed by atoms with Crippen molar-refractivity contribution in [3.8, 4) is 0 Å². The highest BCUT2D eigenvalue weighted by Crippen LogP contribution is 2.40. The monoisotopic (exact) mass is 358 g/mol. The van der Waals surface area contributed by atoms with Crippen molar-refractivity contribution < 1.29 is 13.2 Å². The molecular formula is C11H4Cl3F3N2S. The number of aromatic nitrogens is 1. The normalized spacial score (nSPS) is 12.8. The van der Waals surface area contributed by atoms with Crippen LogP contribution in [0.25, 0.3) is 0 Å². The molecule has 2 rings (SSSR count). The van der Waals surface area contributed by atoms with Gasteiger partial charge in [-0.15, -0.1) is 0 Å². The van der Waals surface area contributed by atoms with Gasteiger partial charge in [0, 0.05) is 10.6 Å². The zero-order valence-electron chi connectivity index (χ0n) is 9.38. The van der Waals surface area contributed by atoms with Crippen molar-refractivity contribution in [1.82, 2.24) is 4.98 Å². The second kappa shape index (κ2) is 5.89. The Morgan fingerprint density at radius 1 is 1.25 bits per heavy atom. The van der Waals surface area contributed by atoms with E-state index >= 15 is 0 Å². The van der Waals surface area contributed by atoms with E-state index < -0.39 is 16.2 Å². The molecule has 0 amide bonds. The van der Waals surface area contributed by atoms with Gasteiger partial charge in [0.05, 0.1) is 0 Å². The number of hydrogen-bond acceptors (Lipinski definition) is 3. The van der Waals surface area contributed by atoms with E-state index in [1.807, 2.05) is 0 Å². The number of rotatable bonds is 2. The molecule has 0 fully saturated rings. The molecule has 2 nitrogen and oxygen atoms in total. The van der Waals surface area contributed by atoms with Crippen molar-refractivity contribution in [3.05, 3.63) is 44.9 Å². The highest BCUT2D eigenvalue weighted by atomic mass is 35.5. The van der Waals surface area contributed by atoms with Crippen LogP contribution < -0.4 is 0 Å². The van der Waals surface area contributed by atoms with Crippen LogP contribution in [0.1, 0.15) is 11.3 Å². The lowest BCUT2D eigenvalue weighted by molar-refractivity contribution is -0.140. The lowest BCUT2D eigenvalue weighted by Crippen LogP contribution is -2.05. The first-order valence-electron chi connectivity index (χ1n) is 5.01. The smallest absolute Gasteiger partial charge is 0.212 e. The predicted octanol–water partition coefficient (Wildman–Crippen LogP) is 5.79. The summed E-state index contributed by atoms with van der Waals surface area (Å²) < 4.78 is 37.1. The van der Waals surface area contributed by atoms with Gasteiger partial charge in [-0.1, -0.05) is 58.3 Å². The van der Waals surface area contributed by atoms with Crippen molar-refractivity contribution in [3.63, 3.8) is 0 Å². The molecule has 20 heavy (non-hydrogen) atoms. The minimum absolute atomic E-state index is 0.0216. The van der Waals surface area contributed by atoms with E-state index in [1.165, 1.54) is 6.07 Å². The molecule has 2 aromatic rings. The SMILES string of the molecule is FC(F)(F)c1nc(N=C(Cl)c2cccc(Cl)c2)sc1Cl. The average Bonchev–Trinajstić information content (AvgIpc) is 2.70. The first-order chi connectivity index (χ1) is 9.27. The number of nitrogens with zero attached hydrogens (tertiary/aromatic N) is 2. The van der Waals surface area contributed by atoms with Crippen molar-refractivity contribution >= 4 is 56.4 Å². The number of hydrogen-bond donors (Lipinski definition) is 0. The molecule has 0 N–H and O–H groups in total. The molecule has 9 heteroatoms. The lowest BCUT2D eigenvalue weighted by atomic mass is 10.2. The largest absolute Gasteiger partial charge is 0.435 e. The lowest BCUT2D eigenvalue weighted by Gasteiger charge is -2.00. The summed E-state index contributed by atoms with van der Waals surface area (Å²) in [6.07, 6.45) is -4.62. The second-order valence-corrected chi connectivity index (χ2v) is 5.90. The van der Waals surface area contributed by atoms with E-state index in [9.17, 15) is 13.2 Å². The third-order valence-electron chi connectivity index (χ3n) is 2.10. The molecule has 0 bridgehead atoms. The molecular weight excluding hydrogens is 356 g/mol. The molecule has 0 unspecified atom stereocenters. The van der Waals surface area contributed by atoms with Crippen LogP contribution in [0.15, 0.2) is 29.3 Å². The fraction of sp³-hybridized carbons (Fsp3) is 0.0909. The number of alkyl halides is 3. The van der Waals surface area contributed by atoms with Crippen LogP contribution in [0.3, 0.4) is 0 Å². The predicted molar refractivity (Wildman–Crippen MR) is 75.6 cm³/mol. The molecule has 0 saturated heterocycles. The maximum absolute atomic E-state index is 12.5. The molecule has 0 saturated carbocycles. The molecule has 0 aliphatic rings. The van der Waals surface area contributed by atoms with Crippen LogP contribution >= 0.6 is 46.1 Å². The van der Waals surface area contributed by atoms with Crippen LogP contribution in [-0.2, 0) is 6.18 Å². The Morgan fingerprint density at radius 2 is 1.95 bits per heavy atom. The molecule has 1 aromatic heterocycles. The van der Waals surface area contributed by atoms with Crippen LogP contribution in [-0.4, -0.2) is 10.2 Å². The number of halogens is 6. The highest BCUT2D eigenvalue weighted by molar-refractivity contribution is 7.19. The molecule has 0 atom stereocenters. The molecule has 0 spiro atoms. The molecule has 106 valence electrons. The summed E-state index contributed by atoms with van der Waals surface area (Å²) in [5.74, 6) is 0. The Balaban J connectivity index is 2.36. The Labute approximate surface area is 130 Å². The molecule has 1 heterocycles. The summed E-state index contributed by atoms with van der Waals surface area (Å²) in [5.41, 5.74) is -0.697. The van der Waals surface area contributed by atoms with Crippen molar-refractivity contribution in [2.45, 2.75) is 6.18 Å². The first-order valence-corrected chi connectivity index (χ1v) is 6.96. The summed E-state index contributed by atoms with van der Waals surface area (Å²) in [7, 11) is 0. The van der Waals surface area contributed by atoms with E-state index in [4.69, 9.17) is 34.8 Å². The minimum atomic E-state index is -4.62. The first kappa shape index (κ1) is 15.6. The number of thiazole rings is 1. The van der Waals surface area contributed by atoms with Crippen molar-refractivity contribution in [2.24, 2.45) is 4.99 Å². The summed E-state index contributed by atoms with van der Waals surface area (Å²) in [4.78, 5) is 7.14. The second-order valence-electron chi connectivity index (χ2n) is 3.53. The maximum Gasteiger partial charge on any atom is 0.435 e. The van der Waals surface area contributed by atoms with Gasteiger partial charge in [-0.3, -0.25) is 0 Å². The molecule has 0 aliphatic heterocycles. The minimum Gasteiger partial charge on any atom is -0.212 e. The maximum atomic E-state index is 12.5. The van der Waals surface area contributed by atoms with Gasteiger partial charge >= 0.3 is 6.18 Å². The summed E-state index contributed by atoms with van der Waals surface area (Å²) in [5, 5.41) is 0.239. The zero-order valence-corrected chi connectivity index (χ0v) is 12.5. The Hall–Kier alpha value is -0.820. The molecule has 0 aliphatic carbocycles. The van der Waals surface area contributed by atoms with Gasteiger partial charge in [0.2, 0.25) is 5.13 Å². The topological polar surface area (TPSA) is 25.2 Å². The van der Waals surface area contributed by atoms with E-state index in [0.717, 1.165) is 0 Å². The van der Waals surface area contributed by atoms with Crippen molar-refractivity contribution in [1.29, 1.82) is 0 Å². The van der Waals surface area contributed by atoms with Crippen LogP contribution in [0.5, 0.6) is 0 Å². The molecule has 0 radical (unpaired) electrons. The van der Waals surface area contributed by atoms with Crippen molar-refractivity contribution in [2.75, 3.05) is 0 Å². The standard InChI is InChI=1S/C11H4Cl3F3N2S/c12-6-3-1-2-5(4-6)8(13)19-10-18-7(9(14)20-10)11(15,16)17/h1-4H. The van der Waals surface area contributed by atoms with E-state index in [0.29, 0.717) is 21.9 Å². The van der Waals surface area contributed by atoms with Crippen LogP contribution in [0, 0.1) is 0 Å². The van der Waals surface area contributed by atoms with Gasteiger partial charge < -0.3 is 0 Å². The van der Waals surface area contributed by atoms with Gasteiger partial charge in [0.15, 0.2) is 5.69 Å². The van der Waals surface area contributed by atoms with Crippen LogP contribution in [0.4, 0.5) is 18.3 Å². The van der Waals surface area contributed by atoms with Crippen LogP contribution in [0.2, 0.25) is 9.36 Å². The van der Waals surface area contributed by atoms with E-state index in [-0.39, 0.29) is 10.3 Å². The van der Waals surface area contributed by atoms with Gasteiger partial charge in [-0.25, -0.2) is 9.98 Å². The number of benzene rings is 1. The fourth-order valence-electron chi connectivity index (χ4n) is 1.28. The zero-order chi connectivity index (χ0) is 14.9. The third-order valence-corrected chi connectivity index (χ3v) is 3.79. The fourth-order valence-corrected chi connectivity index (χ4v) is 2.77. The average molecular weight is 360 g/mol. The molecule has 1 aromatic carbocycles. The van der Waals surface area contributed by atoms with Gasteiger partial charge in [0.25, 0.3) is 0 Å². The Morgan fingerprint density at radius 3 is 2.50 bits per heavy atom. The third kappa shape index (κ3) is 3.63. The Kier molecular flexibility index (Phi) is 4.59. The number of aliphatic imine (C=N–C) groups is 1. The summed E-state index contributed by atoms with van der Waals surface area (Å²) >= 11 is 17.8. The van der Waals surface area contributed by atoms with E-state index in [1.54, 1.807) is 18.2 Å². The van der Waals surface area contributed by atoms with Gasteiger partial charge in [-0.2, -0.15) is 13.2 Å². The van der Waals surface area contributed by atoms with E-state index in [2.05, 4.69) is 9.98 Å². The Bertz CT molecular complexity index is 667. The van der Waals surface area contributed by atoms with Gasteiger partial charge in [-0.05, 0) is 12.1 Å². The highest BCUT2D eigenvalue weighted by Gasteiger charge is 2.37. The van der Waals surface area contributed by atoms with Gasteiger partial charge in [0.1, 0.15) is 9.51 Å². The summed E-state index contributed by atoms with van der Waals surface area (Å²) in [6.45, 7) is 0. The summed E-state index contributed by atoms with van der Waals surface area (Å²) in [6, 6.07) is 6.44. The quantitative estimate of drug-likeness (QED) is 0.623.